The molecule has 4 heteroatoms. The largest absolute Gasteiger partial charge is 0.285 e. The molecule has 0 heterocycles. The van der Waals surface area contributed by atoms with Crippen molar-refractivity contribution in [3.63, 3.8) is 0 Å². The van der Waals surface area contributed by atoms with Gasteiger partial charge < -0.3 is 0 Å². The molecular weight excluding hydrogens is 224 g/mol. The van der Waals surface area contributed by atoms with Crippen molar-refractivity contribution in [2.75, 3.05) is 0 Å². The van der Waals surface area contributed by atoms with E-state index in [2.05, 4.69) is 20.8 Å². The van der Waals surface area contributed by atoms with E-state index in [4.69, 9.17) is 4.55 Å². The van der Waals surface area contributed by atoms with Gasteiger partial charge in [0.1, 0.15) is 5.25 Å². The van der Waals surface area contributed by atoms with Gasteiger partial charge in [0.05, 0.1) is 0 Å². The van der Waals surface area contributed by atoms with Gasteiger partial charge in [0.25, 0.3) is 10.1 Å². The molecule has 0 saturated carbocycles. The average molecular weight is 242 g/mol. The highest BCUT2D eigenvalue weighted by Gasteiger charge is 2.21. The molecule has 90 valence electrons. The molecule has 1 N–H and O–H groups in total. The molecule has 1 atom stereocenters. The maximum atomic E-state index is 11.0. The monoisotopic (exact) mass is 242 g/mol. The molecule has 0 saturated heterocycles. The van der Waals surface area contributed by atoms with Crippen LogP contribution in [0.3, 0.4) is 0 Å². The van der Waals surface area contributed by atoms with Gasteiger partial charge in [-0.1, -0.05) is 45.0 Å². The Balaban J connectivity index is 3.19. The molecule has 1 aromatic rings. The van der Waals surface area contributed by atoms with Crippen LogP contribution < -0.4 is 0 Å². The third-order valence-corrected chi connectivity index (χ3v) is 3.83. The Labute approximate surface area is 97.2 Å². The highest BCUT2D eigenvalue weighted by atomic mass is 32.2. The normalized spacial score (nSPS) is 14.8. The minimum atomic E-state index is -4.02. The van der Waals surface area contributed by atoms with E-state index in [0.29, 0.717) is 5.56 Å². The average Bonchev–Trinajstić information content (AvgIpc) is 2.14. The van der Waals surface area contributed by atoms with Gasteiger partial charge in [0.15, 0.2) is 0 Å². The minimum absolute atomic E-state index is 0.0328. The number of benzene rings is 1. The highest BCUT2D eigenvalue weighted by molar-refractivity contribution is 7.86. The van der Waals surface area contributed by atoms with E-state index in [9.17, 15) is 8.42 Å². The summed E-state index contributed by atoms with van der Waals surface area (Å²) < 4.78 is 31.1. The molecule has 16 heavy (non-hydrogen) atoms. The van der Waals surface area contributed by atoms with Crippen molar-refractivity contribution >= 4 is 10.1 Å². The second-order valence-corrected chi connectivity index (χ2v) is 6.77. The molecule has 0 amide bonds. The summed E-state index contributed by atoms with van der Waals surface area (Å²) in [7, 11) is -4.02. The first-order chi connectivity index (χ1) is 7.12. The predicted octanol–water partition coefficient (Wildman–Crippen LogP) is 2.93. The van der Waals surface area contributed by atoms with Gasteiger partial charge in [0, 0.05) is 0 Å². The Morgan fingerprint density at radius 3 is 2.25 bits per heavy atom. The van der Waals surface area contributed by atoms with E-state index < -0.39 is 15.4 Å². The molecule has 3 nitrogen and oxygen atoms in total. The van der Waals surface area contributed by atoms with Gasteiger partial charge in [-0.05, 0) is 23.5 Å². The molecule has 0 fully saturated rings. The lowest BCUT2D eigenvalue weighted by Gasteiger charge is -2.20. The molecule has 0 aliphatic rings. The smallest absolute Gasteiger partial charge is 0.271 e. The first-order valence-corrected chi connectivity index (χ1v) is 6.69. The Morgan fingerprint density at radius 1 is 1.25 bits per heavy atom. The van der Waals surface area contributed by atoms with E-state index >= 15 is 0 Å². The molecule has 0 aliphatic carbocycles. The maximum Gasteiger partial charge on any atom is 0.271 e. The predicted molar refractivity (Wildman–Crippen MR) is 65.1 cm³/mol. The molecule has 0 spiro atoms. The molecule has 1 rings (SSSR count). The third kappa shape index (κ3) is 3.06. The molecule has 0 aliphatic heterocycles. The van der Waals surface area contributed by atoms with Gasteiger partial charge in [-0.3, -0.25) is 4.55 Å². The van der Waals surface area contributed by atoms with E-state index in [1.54, 1.807) is 6.07 Å². The Hall–Kier alpha value is -0.870. The zero-order chi connectivity index (χ0) is 12.6. The molecule has 0 bridgehead atoms. The van der Waals surface area contributed by atoms with Crippen LogP contribution in [0.5, 0.6) is 0 Å². The van der Waals surface area contributed by atoms with Crippen LogP contribution >= 0.6 is 0 Å². The third-order valence-electron chi connectivity index (χ3n) is 2.67. The van der Waals surface area contributed by atoms with Gasteiger partial charge in [-0.2, -0.15) is 8.42 Å². The lowest BCUT2D eigenvalue weighted by Crippen LogP contribution is -2.13. The summed E-state index contributed by atoms with van der Waals surface area (Å²) in [6.45, 7) is 7.66. The Bertz CT molecular complexity index is 469. The van der Waals surface area contributed by atoms with Crippen LogP contribution in [0.15, 0.2) is 24.3 Å². The summed E-state index contributed by atoms with van der Waals surface area (Å²) in [4.78, 5) is 0. The van der Waals surface area contributed by atoms with Gasteiger partial charge in [0.2, 0.25) is 0 Å². The van der Waals surface area contributed by atoms with Gasteiger partial charge in [-0.15, -0.1) is 0 Å². The second kappa shape index (κ2) is 4.18. The summed E-state index contributed by atoms with van der Waals surface area (Å²) in [5, 5.41) is -0.880. The van der Waals surface area contributed by atoms with E-state index in [0.717, 1.165) is 5.56 Å². The zero-order valence-electron chi connectivity index (χ0n) is 10.1. The summed E-state index contributed by atoms with van der Waals surface area (Å²) >= 11 is 0. The van der Waals surface area contributed by atoms with Crippen molar-refractivity contribution in [2.45, 2.75) is 38.4 Å². The summed E-state index contributed by atoms with van der Waals surface area (Å²) in [5.41, 5.74) is 1.64. The fraction of sp³-hybridized carbons (Fsp3) is 0.500. The van der Waals surface area contributed by atoms with Crippen molar-refractivity contribution < 1.29 is 13.0 Å². The van der Waals surface area contributed by atoms with Crippen molar-refractivity contribution in [3.05, 3.63) is 35.4 Å². The fourth-order valence-electron chi connectivity index (χ4n) is 1.43. The van der Waals surface area contributed by atoms with Crippen molar-refractivity contribution in [1.29, 1.82) is 0 Å². The first-order valence-electron chi connectivity index (χ1n) is 5.19. The van der Waals surface area contributed by atoms with E-state index in [1.807, 2.05) is 18.2 Å². The maximum absolute atomic E-state index is 11.0. The molecule has 0 aromatic heterocycles. The standard InChI is InChI=1S/C12H18O3S/c1-9(16(13,14)15)10-6-5-7-11(8-10)12(2,3)4/h5-9H,1-4H3,(H,13,14,15). The summed E-state index contributed by atoms with van der Waals surface area (Å²) in [6, 6.07) is 7.32. The van der Waals surface area contributed by atoms with Crippen LogP contribution in [0.2, 0.25) is 0 Å². The van der Waals surface area contributed by atoms with Crippen LogP contribution in [-0.4, -0.2) is 13.0 Å². The quantitative estimate of drug-likeness (QED) is 0.811. The second-order valence-electron chi connectivity index (χ2n) is 5.03. The van der Waals surface area contributed by atoms with Gasteiger partial charge in [-0.25, -0.2) is 0 Å². The number of rotatable bonds is 2. The molecule has 0 radical (unpaired) electrons. The zero-order valence-corrected chi connectivity index (χ0v) is 10.9. The first kappa shape index (κ1) is 13.2. The SMILES string of the molecule is CC(c1cccc(C(C)(C)C)c1)S(=O)(=O)O. The number of hydrogen-bond donors (Lipinski definition) is 1. The molecule has 1 unspecified atom stereocenters. The van der Waals surface area contributed by atoms with Crippen molar-refractivity contribution in [2.24, 2.45) is 0 Å². The van der Waals surface area contributed by atoms with Crippen molar-refractivity contribution in [1.82, 2.24) is 0 Å². The fourth-order valence-corrected chi connectivity index (χ4v) is 1.92. The van der Waals surface area contributed by atoms with Crippen molar-refractivity contribution in [3.8, 4) is 0 Å². The number of hydrogen-bond acceptors (Lipinski definition) is 2. The highest BCUT2D eigenvalue weighted by Crippen LogP contribution is 2.27. The lowest BCUT2D eigenvalue weighted by molar-refractivity contribution is 0.472. The van der Waals surface area contributed by atoms with Crippen LogP contribution in [-0.2, 0) is 15.5 Å². The summed E-state index contributed by atoms with van der Waals surface area (Å²) in [5.74, 6) is 0. The van der Waals surface area contributed by atoms with Crippen LogP contribution in [0.25, 0.3) is 0 Å². The minimum Gasteiger partial charge on any atom is -0.285 e. The van der Waals surface area contributed by atoms with Gasteiger partial charge >= 0.3 is 0 Å². The Kier molecular flexibility index (Phi) is 3.45. The van der Waals surface area contributed by atoms with Crippen LogP contribution in [0, 0.1) is 0 Å². The lowest BCUT2D eigenvalue weighted by atomic mass is 9.86. The molecular formula is C12H18O3S. The van der Waals surface area contributed by atoms with Crippen LogP contribution in [0.4, 0.5) is 0 Å². The van der Waals surface area contributed by atoms with Crippen LogP contribution in [0.1, 0.15) is 44.1 Å². The van der Waals surface area contributed by atoms with E-state index in [-0.39, 0.29) is 5.41 Å². The topological polar surface area (TPSA) is 54.4 Å². The Morgan fingerprint density at radius 2 is 1.81 bits per heavy atom. The van der Waals surface area contributed by atoms with E-state index in [1.165, 1.54) is 6.92 Å². The summed E-state index contributed by atoms with van der Waals surface area (Å²) in [6.07, 6.45) is 0. The molecule has 1 aromatic carbocycles.